The predicted molar refractivity (Wildman–Crippen MR) is 64.6 cm³/mol. The Labute approximate surface area is 92.7 Å². The Bertz CT molecular complexity index is 670. The second kappa shape index (κ2) is 3.23. The fourth-order valence-corrected chi connectivity index (χ4v) is 2.04. The molecule has 3 heteroatoms. The zero-order chi connectivity index (χ0) is 11.1. The number of nitrogens with one attached hydrogen (secondary N) is 1. The monoisotopic (exact) mass is 212 g/mol. The van der Waals surface area contributed by atoms with Gasteiger partial charge >= 0.3 is 0 Å². The molecule has 1 heterocycles. The molecule has 0 bridgehead atoms. The zero-order valence-corrected chi connectivity index (χ0v) is 8.99. The van der Waals surface area contributed by atoms with E-state index in [1.807, 2.05) is 24.3 Å². The van der Waals surface area contributed by atoms with Gasteiger partial charge in [-0.2, -0.15) is 0 Å². The fourth-order valence-electron chi connectivity index (χ4n) is 2.04. The highest BCUT2D eigenvalue weighted by atomic mass is 16.3. The van der Waals surface area contributed by atoms with Crippen LogP contribution >= 0.6 is 0 Å². The van der Waals surface area contributed by atoms with Crippen LogP contribution in [-0.4, -0.2) is 15.1 Å². The van der Waals surface area contributed by atoms with Crippen molar-refractivity contribution < 1.29 is 5.11 Å². The highest BCUT2D eigenvalue weighted by Gasteiger charge is 2.08. The summed E-state index contributed by atoms with van der Waals surface area (Å²) in [5.41, 5.74) is 1.83. The standard InChI is InChI=1S/C13H12N2O/c1-2-12-14-10-7-11(16)8-5-3-4-6-9(8)13(10)15-12/h3-7,16H,2H2,1H3,(H,14,15). The minimum atomic E-state index is 0.300. The average Bonchev–Trinajstić information content (AvgIpc) is 2.72. The molecule has 3 aromatic rings. The van der Waals surface area contributed by atoms with Crippen LogP contribution in [-0.2, 0) is 6.42 Å². The second-order valence-corrected chi connectivity index (χ2v) is 3.87. The van der Waals surface area contributed by atoms with Crippen molar-refractivity contribution in [3.63, 3.8) is 0 Å². The van der Waals surface area contributed by atoms with Crippen LogP contribution in [0.1, 0.15) is 12.7 Å². The van der Waals surface area contributed by atoms with E-state index in [-0.39, 0.29) is 0 Å². The molecule has 3 rings (SSSR count). The van der Waals surface area contributed by atoms with Crippen LogP contribution < -0.4 is 0 Å². The molecule has 0 fully saturated rings. The molecule has 0 atom stereocenters. The summed E-state index contributed by atoms with van der Waals surface area (Å²) in [7, 11) is 0. The summed E-state index contributed by atoms with van der Waals surface area (Å²) in [6.45, 7) is 2.06. The molecule has 0 saturated heterocycles. The molecule has 2 N–H and O–H groups in total. The van der Waals surface area contributed by atoms with Gasteiger partial charge < -0.3 is 10.1 Å². The number of phenols is 1. The van der Waals surface area contributed by atoms with Crippen molar-refractivity contribution in [1.82, 2.24) is 9.97 Å². The SMILES string of the molecule is CCc1nc2c(cc(O)c3ccccc32)[nH]1. The largest absolute Gasteiger partial charge is 0.507 e. The molecule has 0 aliphatic heterocycles. The number of aromatic amines is 1. The van der Waals surface area contributed by atoms with Crippen molar-refractivity contribution in [3.8, 4) is 5.75 Å². The molecule has 0 amide bonds. The molecule has 0 unspecified atom stereocenters. The van der Waals surface area contributed by atoms with Crippen molar-refractivity contribution in [3.05, 3.63) is 36.2 Å². The molecule has 0 saturated carbocycles. The van der Waals surface area contributed by atoms with Crippen molar-refractivity contribution in [1.29, 1.82) is 0 Å². The lowest BCUT2D eigenvalue weighted by Gasteiger charge is -2.00. The third-order valence-electron chi connectivity index (χ3n) is 2.85. The van der Waals surface area contributed by atoms with Crippen molar-refractivity contribution >= 4 is 21.8 Å². The number of hydrogen-bond acceptors (Lipinski definition) is 2. The summed E-state index contributed by atoms with van der Waals surface area (Å²) in [5.74, 6) is 1.25. The van der Waals surface area contributed by atoms with Crippen LogP contribution in [0.5, 0.6) is 5.75 Å². The minimum Gasteiger partial charge on any atom is -0.507 e. The maximum Gasteiger partial charge on any atom is 0.125 e. The van der Waals surface area contributed by atoms with Crippen molar-refractivity contribution in [2.45, 2.75) is 13.3 Å². The van der Waals surface area contributed by atoms with E-state index in [0.717, 1.165) is 34.1 Å². The number of H-pyrrole nitrogens is 1. The summed E-state index contributed by atoms with van der Waals surface area (Å²) >= 11 is 0. The number of fused-ring (bicyclic) bond motifs is 3. The number of phenolic OH excluding ortho intramolecular Hbond substituents is 1. The Kier molecular flexibility index (Phi) is 1.86. The molecule has 2 aromatic carbocycles. The molecule has 0 aliphatic rings. The van der Waals surface area contributed by atoms with Crippen LogP contribution in [0.4, 0.5) is 0 Å². The van der Waals surface area contributed by atoms with Crippen LogP contribution in [0, 0.1) is 0 Å². The number of benzene rings is 2. The van der Waals surface area contributed by atoms with Crippen LogP contribution in [0.15, 0.2) is 30.3 Å². The lowest BCUT2D eigenvalue weighted by Crippen LogP contribution is -1.79. The summed E-state index contributed by atoms with van der Waals surface area (Å²) in [6.07, 6.45) is 0.865. The summed E-state index contributed by atoms with van der Waals surface area (Å²) < 4.78 is 0. The third kappa shape index (κ3) is 1.18. The fraction of sp³-hybridized carbons (Fsp3) is 0.154. The quantitative estimate of drug-likeness (QED) is 0.651. The van der Waals surface area contributed by atoms with Gasteiger partial charge in [-0.3, -0.25) is 0 Å². The Morgan fingerprint density at radius 3 is 2.75 bits per heavy atom. The van der Waals surface area contributed by atoms with Crippen LogP contribution in [0.25, 0.3) is 21.8 Å². The number of nitrogens with zero attached hydrogens (tertiary/aromatic N) is 1. The van der Waals surface area contributed by atoms with E-state index >= 15 is 0 Å². The van der Waals surface area contributed by atoms with Gasteiger partial charge in [0, 0.05) is 23.3 Å². The van der Waals surface area contributed by atoms with Crippen molar-refractivity contribution in [2.75, 3.05) is 0 Å². The van der Waals surface area contributed by atoms with Crippen molar-refractivity contribution in [2.24, 2.45) is 0 Å². The normalized spacial score (nSPS) is 11.3. The highest BCUT2D eigenvalue weighted by Crippen LogP contribution is 2.31. The van der Waals surface area contributed by atoms with Gasteiger partial charge in [-0.15, -0.1) is 0 Å². The Hall–Kier alpha value is -2.03. The van der Waals surface area contributed by atoms with Gasteiger partial charge in [-0.1, -0.05) is 31.2 Å². The van der Waals surface area contributed by atoms with E-state index in [1.165, 1.54) is 0 Å². The summed E-state index contributed by atoms with van der Waals surface area (Å²) in [5, 5.41) is 11.7. The van der Waals surface area contributed by atoms with E-state index in [1.54, 1.807) is 6.07 Å². The number of aromatic nitrogens is 2. The lowest BCUT2D eigenvalue weighted by atomic mass is 10.1. The van der Waals surface area contributed by atoms with Gasteiger partial charge in [0.25, 0.3) is 0 Å². The Morgan fingerprint density at radius 1 is 1.25 bits per heavy atom. The van der Waals surface area contributed by atoms with Gasteiger partial charge in [-0.05, 0) is 0 Å². The zero-order valence-electron chi connectivity index (χ0n) is 8.99. The van der Waals surface area contributed by atoms with Gasteiger partial charge in [0.05, 0.1) is 11.0 Å². The van der Waals surface area contributed by atoms with E-state index in [2.05, 4.69) is 16.9 Å². The van der Waals surface area contributed by atoms with E-state index in [9.17, 15) is 5.11 Å². The first kappa shape index (κ1) is 9.21. The Morgan fingerprint density at radius 2 is 2.00 bits per heavy atom. The number of aromatic hydroxyl groups is 1. The predicted octanol–water partition coefficient (Wildman–Crippen LogP) is 2.98. The molecular weight excluding hydrogens is 200 g/mol. The highest BCUT2D eigenvalue weighted by molar-refractivity contribution is 6.07. The first-order chi connectivity index (χ1) is 7.79. The molecule has 80 valence electrons. The second-order valence-electron chi connectivity index (χ2n) is 3.87. The molecule has 16 heavy (non-hydrogen) atoms. The number of aryl methyl sites for hydroxylation is 1. The molecule has 0 spiro atoms. The van der Waals surface area contributed by atoms with Gasteiger partial charge in [-0.25, -0.2) is 4.98 Å². The summed E-state index contributed by atoms with van der Waals surface area (Å²) in [4.78, 5) is 7.74. The Balaban J connectivity index is 2.52. The first-order valence-electron chi connectivity index (χ1n) is 5.39. The van der Waals surface area contributed by atoms with E-state index in [0.29, 0.717) is 5.75 Å². The van der Waals surface area contributed by atoms with Gasteiger partial charge in [0.1, 0.15) is 11.6 Å². The molecule has 3 nitrogen and oxygen atoms in total. The first-order valence-corrected chi connectivity index (χ1v) is 5.39. The van der Waals surface area contributed by atoms with E-state index in [4.69, 9.17) is 0 Å². The molecular formula is C13H12N2O. The molecule has 1 aromatic heterocycles. The summed E-state index contributed by atoms with van der Waals surface area (Å²) in [6, 6.07) is 9.51. The maximum atomic E-state index is 9.90. The minimum absolute atomic E-state index is 0.300. The smallest absolute Gasteiger partial charge is 0.125 e. The number of rotatable bonds is 1. The van der Waals surface area contributed by atoms with Crippen LogP contribution in [0.2, 0.25) is 0 Å². The van der Waals surface area contributed by atoms with Crippen LogP contribution in [0.3, 0.4) is 0 Å². The average molecular weight is 212 g/mol. The topological polar surface area (TPSA) is 48.9 Å². The number of imidazole rings is 1. The lowest BCUT2D eigenvalue weighted by molar-refractivity contribution is 0.482. The maximum absolute atomic E-state index is 9.90. The third-order valence-corrected chi connectivity index (χ3v) is 2.85. The molecule has 0 aliphatic carbocycles. The van der Waals surface area contributed by atoms with Gasteiger partial charge in [0.15, 0.2) is 0 Å². The van der Waals surface area contributed by atoms with E-state index < -0.39 is 0 Å². The number of hydrogen-bond donors (Lipinski definition) is 2. The molecule has 0 radical (unpaired) electrons. The van der Waals surface area contributed by atoms with Gasteiger partial charge in [0.2, 0.25) is 0 Å².